The SMILES string of the molecule is C=CC1=CN2C(=O)C(NC(=O)C(=NOC)c3csc(N)n3)[C@H]2SC1COC(C)=O. The third-order valence-corrected chi connectivity index (χ3v) is 6.35. The highest BCUT2D eigenvalue weighted by atomic mass is 32.2. The highest BCUT2D eigenvalue weighted by Gasteiger charge is 2.51. The molecule has 3 heterocycles. The maximum atomic E-state index is 12.7. The van der Waals surface area contributed by atoms with Gasteiger partial charge in [0.2, 0.25) is 0 Å². The van der Waals surface area contributed by atoms with E-state index in [-0.39, 0.29) is 39.7 Å². The molecule has 0 spiro atoms. The number of rotatable bonds is 7. The molecule has 1 saturated heterocycles. The van der Waals surface area contributed by atoms with E-state index in [1.165, 1.54) is 30.7 Å². The number of allylic oxidation sites excluding steroid dienone is 1. The molecule has 1 fully saturated rings. The first-order chi connectivity index (χ1) is 13.8. The first-order valence-corrected chi connectivity index (χ1v) is 10.3. The maximum Gasteiger partial charge on any atom is 0.302 e. The largest absolute Gasteiger partial charge is 0.464 e. The molecule has 2 aliphatic rings. The van der Waals surface area contributed by atoms with E-state index in [4.69, 9.17) is 15.3 Å². The van der Waals surface area contributed by atoms with Gasteiger partial charge >= 0.3 is 5.97 Å². The molecular formula is C17H19N5O5S2. The van der Waals surface area contributed by atoms with Crippen molar-refractivity contribution in [2.75, 3.05) is 19.5 Å². The number of amides is 2. The van der Waals surface area contributed by atoms with Gasteiger partial charge in [-0.3, -0.25) is 14.4 Å². The number of hydrogen-bond acceptors (Lipinski definition) is 10. The zero-order valence-corrected chi connectivity index (χ0v) is 17.3. The van der Waals surface area contributed by atoms with Gasteiger partial charge in [0, 0.05) is 18.5 Å². The molecule has 1 aromatic heterocycles. The smallest absolute Gasteiger partial charge is 0.302 e. The number of nitrogens with one attached hydrogen (secondary N) is 1. The molecule has 12 heteroatoms. The number of thioether (sulfide) groups is 1. The number of ether oxygens (including phenoxy) is 1. The molecule has 0 saturated carbocycles. The van der Waals surface area contributed by atoms with Crippen LogP contribution in [0.5, 0.6) is 0 Å². The third kappa shape index (κ3) is 4.27. The first-order valence-electron chi connectivity index (χ1n) is 8.44. The van der Waals surface area contributed by atoms with Crippen molar-refractivity contribution in [3.05, 3.63) is 35.5 Å². The average molecular weight is 438 g/mol. The molecule has 29 heavy (non-hydrogen) atoms. The second-order valence-corrected chi connectivity index (χ2v) is 8.26. The third-order valence-electron chi connectivity index (χ3n) is 4.17. The van der Waals surface area contributed by atoms with Crippen LogP contribution in [0.1, 0.15) is 12.6 Å². The summed E-state index contributed by atoms with van der Waals surface area (Å²) in [6.45, 7) is 5.21. The van der Waals surface area contributed by atoms with Gasteiger partial charge < -0.3 is 25.5 Å². The minimum Gasteiger partial charge on any atom is -0.464 e. The zero-order chi connectivity index (χ0) is 21.1. The maximum absolute atomic E-state index is 12.7. The van der Waals surface area contributed by atoms with Crippen LogP contribution in [0.4, 0.5) is 5.13 Å². The van der Waals surface area contributed by atoms with Crippen molar-refractivity contribution in [1.82, 2.24) is 15.2 Å². The Hall–Kier alpha value is -2.86. The number of esters is 1. The lowest BCUT2D eigenvalue weighted by atomic mass is 10.0. The van der Waals surface area contributed by atoms with Crippen LogP contribution in [0, 0.1) is 0 Å². The van der Waals surface area contributed by atoms with Crippen molar-refractivity contribution >= 4 is 51.7 Å². The minimum absolute atomic E-state index is 0.0775. The van der Waals surface area contributed by atoms with Gasteiger partial charge in [-0.15, -0.1) is 23.1 Å². The summed E-state index contributed by atoms with van der Waals surface area (Å²) in [6, 6.07) is -0.770. The van der Waals surface area contributed by atoms with E-state index in [0.29, 0.717) is 0 Å². The summed E-state index contributed by atoms with van der Waals surface area (Å²) in [4.78, 5) is 46.6. The number of nitrogens with zero attached hydrogens (tertiary/aromatic N) is 3. The lowest BCUT2D eigenvalue weighted by Gasteiger charge is -2.49. The zero-order valence-electron chi connectivity index (χ0n) is 15.7. The van der Waals surface area contributed by atoms with E-state index in [2.05, 4.69) is 22.0 Å². The van der Waals surface area contributed by atoms with Crippen molar-refractivity contribution < 1.29 is 24.0 Å². The Morgan fingerprint density at radius 1 is 1.52 bits per heavy atom. The van der Waals surface area contributed by atoms with E-state index in [0.717, 1.165) is 16.9 Å². The summed E-state index contributed by atoms with van der Waals surface area (Å²) in [5, 5.41) is 7.70. The Labute approximate surface area is 174 Å². The summed E-state index contributed by atoms with van der Waals surface area (Å²) in [7, 11) is 1.30. The normalized spacial score (nSPS) is 23.4. The number of thiazole rings is 1. The van der Waals surface area contributed by atoms with Crippen LogP contribution in [0.15, 0.2) is 35.0 Å². The van der Waals surface area contributed by atoms with Crippen molar-refractivity contribution in [3.63, 3.8) is 0 Å². The fourth-order valence-corrected chi connectivity index (χ4v) is 4.79. The standard InChI is InChI=1S/C17H19N5O5S2/c1-4-9-5-22-15(25)13(16(22)29-11(9)6-27-8(2)23)20-14(24)12(21-26-3)10-7-28-17(18)19-10/h4-5,7,11,13,16H,1,6H2,2-3H3,(H2,18,19)(H,20,24)/t11?,13?,16-/m1/s1. The molecule has 1 aromatic rings. The second kappa shape index (κ2) is 8.66. The van der Waals surface area contributed by atoms with Gasteiger partial charge in [0.15, 0.2) is 10.8 Å². The molecule has 0 radical (unpaired) electrons. The van der Waals surface area contributed by atoms with Gasteiger partial charge in [-0.05, 0) is 5.57 Å². The Morgan fingerprint density at radius 3 is 2.86 bits per heavy atom. The first kappa shape index (κ1) is 20.9. The summed E-state index contributed by atoms with van der Waals surface area (Å²) in [5.41, 5.74) is 6.57. The van der Waals surface area contributed by atoms with Crippen molar-refractivity contribution in [1.29, 1.82) is 0 Å². The number of hydrogen-bond donors (Lipinski definition) is 2. The number of fused-ring (bicyclic) bond motifs is 1. The van der Waals surface area contributed by atoms with Crippen LogP contribution in [0.2, 0.25) is 0 Å². The van der Waals surface area contributed by atoms with Crippen LogP contribution in [-0.4, -0.2) is 63.8 Å². The van der Waals surface area contributed by atoms with Crippen LogP contribution in [0.25, 0.3) is 0 Å². The molecule has 3 atom stereocenters. The summed E-state index contributed by atoms with van der Waals surface area (Å²) in [5.74, 6) is -1.27. The number of aromatic nitrogens is 1. The van der Waals surface area contributed by atoms with E-state index < -0.39 is 17.9 Å². The molecule has 2 aliphatic heterocycles. The van der Waals surface area contributed by atoms with Crippen LogP contribution in [0.3, 0.4) is 0 Å². The fourth-order valence-electron chi connectivity index (χ4n) is 2.81. The van der Waals surface area contributed by atoms with Gasteiger partial charge in [-0.1, -0.05) is 17.8 Å². The second-order valence-electron chi connectivity index (χ2n) is 6.04. The lowest BCUT2D eigenvalue weighted by molar-refractivity contribution is -0.144. The topological polar surface area (TPSA) is 136 Å². The molecule has 3 N–H and O–H groups in total. The Balaban J connectivity index is 1.74. The Kier molecular flexibility index (Phi) is 6.23. The van der Waals surface area contributed by atoms with Crippen LogP contribution >= 0.6 is 23.1 Å². The monoisotopic (exact) mass is 437 g/mol. The van der Waals surface area contributed by atoms with Crippen LogP contribution < -0.4 is 11.1 Å². The molecule has 0 aliphatic carbocycles. The fraction of sp³-hybridized carbons (Fsp3) is 0.353. The number of carbonyl (C=O) groups is 3. The summed E-state index contributed by atoms with van der Waals surface area (Å²) in [6.07, 6.45) is 3.28. The van der Waals surface area contributed by atoms with Gasteiger partial charge in [-0.2, -0.15) is 0 Å². The molecule has 0 bridgehead atoms. The molecule has 3 rings (SSSR count). The van der Waals surface area contributed by atoms with Crippen molar-refractivity contribution in [3.8, 4) is 0 Å². The number of anilines is 1. The molecule has 154 valence electrons. The van der Waals surface area contributed by atoms with E-state index in [1.807, 2.05) is 0 Å². The lowest BCUT2D eigenvalue weighted by Crippen LogP contribution is -2.69. The molecule has 2 unspecified atom stereocenters. The van der Waals surface area contributed by atoms with Gasteiger partial charge in [-0.25, -0.2) is 4.98 Å². The van der Waals surface area contributed by atoms with Crippen LogP contribution in [-0.2, 0) is 24.0 Å². The Morgan fingerprint density at radius 2 is 2.28 bits per heavy atom. The molecule has 2 amide bonds. The number of nitrogens with two attached hydrogens (primary N) is 1. The highest BCUT2D eigenvalue weighted by molar-refractivity contribution is 8.01. The highest BCUT2D eigenvalue weighted by Crippen LogP contribution is 2.41. The van der Waals surface area contributed by atoms with E-state index in [9.17, 15) is 14.4 Å². The Bertz CT molecular complexity index is 912. The summed E-state index contributed by atoms with van der Waals surface area (Å²) < 4.78 is 5.10. The molecule has 10 nitrogen and oxygen atoms in total. The van der Waals surface area contributed by atoms with Gasteiger partial charge in [0.1, 0.15) is 30.8 Å². The number of nitrogen functional groups attached to an aromatic ring is 1. The van der Waals surface area contributed by atoms with Crippen molar-refractivity contribution in [2.24, 2.45) is 5.16 Å². The minimum atomic E-state index is -0.770. The number of carbonyl (C=O) groups excluding carboxylic acids is 3. The number of oxime groups is 1. The average Bonchev–Trinajstić information content (AvgIpc) is 3.13. The van der Waals surface area contributed by atoms with Crippen molar-refractivity contribution in [2.45, 2.75) is 23.6 Å². The quantitative estimate of drug-likeness (QED) is 0.272. The van der Waals surface area contributed by atoms with Gasteiger partial charge in [0.05, 0.1) is 5.25 Å². The predicted molar refractivity (Wildman–Crippen MR) is 109 cm³/mol. The van der Waals surface area contributed by atoms with Gasteiger partial charge in [0.25, 0.3) is 11.8 Å². The van der Waals surface area contributed by atoms with E-state index >= 15 is 0 Å². The predicted octanol–water partition coefficient (Wildman–Crippen LogP) is 0.477. The van der Waals surface area contributed by atoms with E-state index in [1.54, 1.807) is 17.7 Å². The summed E-state index contributed by atoms with van der Waals surface area (Å²) >= 11 is 2.56. The molecular weight excluding hydrogens is 418 g/mol. The molecule has 0 aromatic carbocycles. The number of β-lactam (4-membered cyclic amide) rings is 1.